The minimum absolute atomic E-state index is 0.102. The highest BCUT2D eigenvalue weighted by atomic mass is 16.6. The van der Waals surface area contributed by atoms with Crippen molar-refractivity contribution in [2.24, 2.45) is 11.8 Å². The van der Waals surface area contributed by atoms with Crippen LogP contribution in [-0.2, 0) is 28.7 Å². The van der Waals surface area contributed by atoms with Crippen molar-refractivity contribution in [1.29, 1.82) is 5.26 Å². The molecule has 398 valence electrons. The molecular weight excluding hydrogens is 955 g/mol. The van der Waals surface area contributed by atoms with Gasteiger partial charge in [-0.1, -0.05) is 86.0 Å². The Labute approximate surface area is 449 Å². The van der Waals surface area contributed by atoms with Gasteiger partial charge in [-0.15, -0.1) is 0 Å². The number of nitriles is 1. The highest BCUT2D eigenvalue weighted by molar-refractivity contribution is 5.81. The van der Waals surface area contributed by atoms with E-state index in [4.69, 9.17) is 28.4 Å². The molecule has 0 spiro atoms. The molecule has 0 saturated heterocycles. The second-order valence-electron chi connectivity index (χ2n) is 20.1. The maximum absolute atomic E-state index is 13.2. The number of carbonyl (C=O) groups excluding carboxylic acids is 4. The quantitative estimate of drug-likeness (QED) is 0.0204. The lowest BCUT2D eigenvalue weighted by atomic mass is 9.77. The summed E-state index contributed by atoms with van der Waals surface area (Å²) in [6.45, 7) is 8.82. The Bertz CT molecular complexity index is 2690. The molecule has 0 heterocycles. The number of carbonyl (C=O) groups is 4. The summed E-state index contributed by atoms with van der Waals surface area (Å²) in [6, 6.07) is 40.7. The minimum atomic E-state index is -0.400. The lowest BCUT2D eigenvalue weighted by Crippen LogP contribution is -2.17. The molecule has 2 saturated carbocycles. The van der Waals surface area contributed by atoms with Crippen molar-refractivity contribution in [3.63, 3.8) is 0 Å². The smallest absolute Gasteiger partial charge is 0.330 e. The van der Waals surface area contributed by atoms with Gasteiger partial charge < -0.3 is 28.4 Å². The molecule has 2 aliphatic carbocycles. The summed E-state index contributed by atoms with van der Waals surface area (Å²) in [6.07, 6.45) is 17.9. The Morgan fingerprint density at radius 1 is 0.474 bits per heavy atom. The Morgan fingerprint density at radius 3 is 1.25 bits per heavy atom. The zero-order valence-corrected chi connectivity index (χ0v) is 43.9. The fraction of sp³-hybridized carbons (Fsp3) is 0.400. The van der Waals surface area contributed by atoms with Crippen molar-refractivity contribution < 1.29 is 47.6 Å². The molecule has 0 N–H and O–H groups in total. The van der Waals surface area contributed by atoms with Crippen LogP contribution in [0.2, 0.25) is 0 Å². The number of unbranched alkanes of at least 4 members (excludes halogenated alkanes) is 4. The fourth-order valence-electron chi connectivity index (χ4n) is 10.3. The van der Waals surface area contributed by atoms with E-state index in [0.29, 0.717) is 62.1 Å². The van der Waals surface area contributed by atoms with Crippen molar-refractivity contribution >= 4 is 23.9 Å². The maximum Gasteiger partial charge on any atom is 0.330 e. The molecule has 5 aromatic carbocycles. The van der Waals surface area contributed by atoms with Gasteiger partial charge in [0.25, 0.3) is 0 Å². The van der Waals surface area contributed by atoms with Gasteiger partial charge in [0.1, 0.15) is 11.5 Å². The van der Waals surface area contributed by atoms with Crippen LogP contribution in [0.15, 0.2) is 141 Å². The van der Waals surface area contributed by atoms with Gasteiger partial charge in [0, 0.05) is 31.1 Å². The van der Waals surface area contributed by atoms with Gasteiger partial charge in [-0.25, -0.2) is 9.59 Å². The number of hydrogen-bond donors (Lipinski definition) is 0. The summed E-state index contributed by atoms with van der Waals surface area (Å²) in [5, 5.41) is 9.60. The average Bonchev–Trinajstić information content (AvgIpc) is 3.46. The number of esters is 4. The molecule has 0 atom stereocenters. The van der Waals surface area contributed by atoms with Gasteiger partial charge in [0.2, 0.25) is 0 Å². The number of benzene rings is 5. The average molecular weight is 1030 g/mol. The highest BCUT2D eigenvalue weighted by Crippen LogP contribution is 2.40. The molecule has 0 unspecified atom stereocenters. The molecule has 2 fully saturated rings. The summed E-state index contributed by atoms with van der Waals surface area (Å²) in [5.41, 5.74) is 7.58. The van der Waals surface area contributed by atoms with Crippen LogP contribution in [0.4, 0.5) is 0 Å². The molecule has 0 radical (unpaired) electrons. The Morgan fingerprint density at radius 2 is 0.855 bits per heavy atom. The van der Waals surface area contributed by atoms with E-state index in [0.717, 1.165) is 130 Å². The van der Waals surface area contributed by atoms with Gasteiger partial charge in [0.15, 0.2) is 11.5 Å². The van der Waals surface area contributed by atoms with Crippen LogP contribution >= 0.6 is 0 Å². The van der Waals surface area contributed by atoms with Gasteiger partial charge in [-0.2, -0.15) is 5.26 Å². The molecule has 0 aromatic heterocycles. The molecule has 0 amide bonds. The van der Waals surface area contributed by atoms with Crippen molar-refractivity contribution in [3.05, 3.63) is 157 Å². The molecular formula is C65H73NO10. The van der Waals surface area contributed by atoms with E-state index in [2.05, 4.69) is 92.0 Å². The van der Waals surface area contributed by atoms with E-state index in [9.17, 15) is 24.4 Å². The first-order chi connectivity index (χ1) is 37.2. The molecule has 76 heavy (non-hydrogen) atoms. The molecule has 11 nitrogen and oxygen atoms in total. The van der Waals surface area contributed by atoms with Crippen LogP contribution < -0.4 is 18.9 Å². The first kappa shape index (κ1) is 56.3. The SMILES string of the molecule is C=CC(=O)OCCCCCOc1ccc(-c2ccc(C3CCC(CCC(=O)Oc4cc(C#N)ccc4OC(=O)CC[C@H]4CC[C@H](c5ccc(-c6ccc(OCCCCCOC(=O)C=C)cc6)cc5)CC4)CC3)cc2)cc1. The number of hydrogen-bond acceptors (Lipinski definition) is 11. The molecule has 0 bridgehead atoms. The summed E-state index contributed by atoms with van der Waals surface area (Å²) < 4.78 is 33.4. The zero-order valence-electron chi connectivity index (χ0n) is 43.9. The highest BCUT2D eigenvalue weighted by Gasteiger charge is 2.26. The predicted octanol–water partition coefficient (Wildman–Crippen LogP) is 14.8. The van der Waals surface area contributed by atoms with Gasteiger partial charge in [0.05, 0.1) is 38.1 Å². The van der Waals surface area contributed by atoms with E-state index >= 15 is 0 Å². The van der Waals surface area contributed by atoms with Crippen molar-refractivity contribution in [3.8, 4) is 51.3 Å². The minimum Gasteiger partial charge on any atom is -0.494 e. The van der Waals surface area contributed by atoms with Gasteiger partial charge in [-0.3, -0.25) is 9.59 Å². The summed E-state index contributed by atoms with van der Waals surface area (Å²) in [4.78, 5) is 48.7. The van der Waals surface area contributed by atoms with Crippen molar-refractivity contribution in [1.82, 2.24) is 0 Å². The standard InChI is InChI=1S/C65H73NO10/c1-3-62(67)73-43-9-5-7-41-71-58-34-30-56(31-35-58)54-26-22-52(23-27-54)50-18-11-47(12-19-50)16-39-64(69)75-60-38-15-49(46-66)45-61(60)76-65(70)40-17-48-13-20-51(21-14-48)53-24-28-55(29-25-53)57-32-36-59(37-33-57)72-42-8-6-10-44-74-63(68)4-2/h3-4,15,22-38,45,47-48,50-51H,1-2,5-14,16-21,39-44H2/t47-,48?,50-,51?. The third kappa shape index (κ3) is 18.1. The van der Waals surface area contributed by atoms with Crippen LogP contribution in [-0.4, -0.2) is 50.3 Å². The summed E-state index contributed by atoms with van der Waals surface area (Å²) in [7, 11) is 0. The number of ether oxygens (including phenoxy) is 6. The molecule has 5 aromatic rings. The lowest BCUT2D eigenvalue weighted by molar-refractivity contribution is -0.138. The van der Waals surface area contributed by atoms with E-state index in [1.54, 1.807) is 12.1 Å². The van der Waals surface area contributed by atoms with Crippen molar-refractivity contribution in [2.45, 2.75) is 127 Å². The van der Waals surface area contributed by atoms with Crippen LogP contribution in [0.1, 0.15) is 144 Å². The second kappa shape index (κ2) is 30.2. The predicted molar refractivity (Wildman–Crippen MR) is 295 cm³/mol. The van der Waals surface area contributed by atoms with Crippen molar-refractivity contribution in [2.75, 3.05) is 26.4 Å². The van der Waals surface area contributed by atoms with E-state index in [1.807, 2.05) is 24.3 Å². The van der Waals surface area contributed by atoms with E-state index in [1.165, 1.54) is 29.3 Å². The van der Waals surface area contributed by atoms with E-state index < -0.39 is 5.97 Å². The third-order valence-electron chi connectivity index (χ3n) is 14.8. The zero-order chi connectivity index (χ0) is 53.3. The first-order valence-electron chi connectivity index (χ1n) is 27.4. The molecule has 7 rings (SSSR count). The first-order valence-corrected chi connectivity index (χ1v) is 27.4. The van der Waals surface area contributed by atoms with Crippen LogP contribution in [0, 0.1) is 23.2 Å². The summed E-state index contributed by atoms with van der Waals surface area (Å²) >= 11 is 0. The lowest BCUT2D eigenvalue weighted by Gasteiger charge is -2.29. The third-order valence-corrected chi connectivity index (χ3v) is 14.8. The van der Waals surface area contributed by atoms with Crippen LogP contribution in [0.25, 0.3) is 22.3 Å². The van der Waals surface area contributed by atoms with Crippen LogP contribution in [0.5, 0.6) is 23.0 Å². The fourth-order valence-corrected chi connectivity index (χ4v) is 10.3. The maximum atomic E-state index is 13.2. The monoisotopic (exact) mass is 1030 g/mol. The number of nitrogens with zero attached hydrogens (tertiary/aromatic N) is 1. The molecule has 0 aliphatic heterocycles. The van der Waals surface area contributed by atoms with E-state index in [-0.39, 0.29) is 42.2 Å². The van der Waals surface area contributed by atoms with Crippen LogP contribution in [0.3, 0.4) is 0 Å². The normalized spacial score (nSPS) is 17.0. The summed E-state index contributed by atoms with van der Waals surface area (Å²) in [5.74, 6) is 2.17. The largest absolute Gasteiger partial charge is 0.494 e. The Balaban J connectivity index is 0.769. The number of rotatable bonds is 28. The van der Waals surface area contributed by atoms with Gasteiger partial charge in [-0.05, 0) is 196 Å². The van der Waals surface area contributed by atoms with Gasteiger partial charge >= 0.3 is 23.9 Å². The molecule has 11 heteroatoms. The molecule has 2 aliphatic rings. The topological polar surface area (TPSA) is 147 Å². The Hall–Kier alpha value is -7.45. The second-order valence-corrected chi connectivity index (χ2v) is 20.1. The Kier molecular flexibility index (Phi) is 22.4.